The maximum atomic E-state index is 4.85. The minimum Gasteiger partial charge on any atom is -0.359 e. The molecule has 0 atom stereocenters. The van der Waals surface area contributed by atoms with Crippen molar-refractivity contribution in [2.45, 2.75) is 33.1 Å². The maximum Gasteiger partial charge on any atom is 0.162 e. The molecule has 5 heteroatoms. The summed E-state index contributed by atoms with van der Waals surface area (Å²) >= 11 is 0. The third-order valence-corrected chi connectivity index (χ3v) is 4.17. The molecule has 124 valence electrons. The summed E-state index contributed by atoms with van der Waals surface area (Å²) in [7, 11) is 2.10. The van der Waals surface area contributed by atoms with Gasteiger partial charge in [0.1, 0.15) is 5.82 Å². The Labute approximate surface area is 142 Å². The van der Waals surface area contributed by atoms with E-state index in [1.54, 1.807) is 12.4 Å². The summed E-state index contributed by atoms with van der Waals surface area (Å²) in [6, 6.07) is 5.88. The molecule has 3 aromatic heterocycles. The highest BCUT2D eigenvalue weighted by Gasteiger charge is 2.14. The summed E-state index contributed by atoms with van der Waals surface area (Å²) in [6.07, 6.45) is 8.96. The van der Waals surface area contributed by atoms with Gasteiger partial charge in [0.15, 0.2) is 5.82 Å². The minimum atomic E-state index is 0.721. The predicted octanol–water partition coefficient (Wildman–Crippen LogP) is 4.02. The quantitative estimate of drug-likeness (QED) is 0.642. The van der Waals surface area contributed by atoms with Gasteiger partial charge in [-0.3, -0.25) is 9.97 Å². The zero-order chi connectivity index (χ0) is 16.9. The number of nitrogens with zero attached hydrogens (tertiary/aromatic N) is 5. The Balaban J connectivity index is 2.10. The average molecular weight is 321 g/mol. The van der Waals surface area contributed by atoms with Gasteiger partial charge in [0.05, 0.1) is 11.2 Å². The largest absolute Gasteiger partial charge is 0.359 e. The molecule has 0 aliphatic carbocycles. The summed E-state index contributed by atoms with van der Waals surface area (Å²) in [5.74, 6) is 1.69. The molecule has 0 bridgehead atoms. The molecule has 3 rings (SSSR count). The molecule has 3 heterocycles. The van der Waals surface area contributed by atoms with E-state index >= 15 is 0 Å². The topological polar surface area (TPSA) is 54.8 Å². The predicted molar refractivity (Wildman–Crippen MR) is 98.1 cm³/mol. The van der Waals surface area contributed by atoms with Crippen LogP contribution in [0.2, 0.25) is 0 Å². The molecule has 0 radical (unpaired) electrons. The van der Waals surface area contributed by atoms with E-state index in [-0.39, 0.29) is 0 Å². The van der Waals surface area contributed by atoms with Crippen LogP contribution in [0.25, 0.3) is 22.3 Å². The van der Waals surface area contributed by atoms with E-state index in [2.05, 4.69) is 28.8 Å². The van der Waals surface area contributed by atoms with Crippen molar-refractivity contribution in [3.05, 3.63) is 42.5 Å². The molecule has 5 nitrogen and oxygen atoms in total. The molecule has 0 N–H and O–H groups in total. The van der Waals surface area contributed by atoms with Gasteiger partial charge in [0.2, 0.25) is 0 Å². The highest BCUT2D eigenvalue weighted by atomic mass is 15.2. The molecule has 0 aromatic carbocycles. The molecule has 0 saturated heterocycles. The number of fused-ring (bicyclic) bond motifs is 1. The third-order valence-electron chi connectivity index (χ3n) is 4.17. The van der Waals surface area contributed by atoms with Crippen LogP contribution in [-0.4, -0.2) is 33.5 Å². The lowest BCUT2D eigenvalue weighted by molar-refractivity contribution is 0.702. The van der Waals surface area contributed by atoms with Gasteiger partial charge in [-0.25, -0.2) is 9.97 Å². The fourth-order valence-electron chi connectivity index (χ4n) is 2.80. The van der Waals surface area contributed by atoms with Gasteiger partial charge in [-0.1, -0.05) is 19.8 Å². The maximum absolute atomic E-state index is 4.85. The average Bonchev–Trinajstić information content (AvgIpc) is 2.62. The molecule has 0 fully saturated rings. The second kappa shape index (κ2) is 7.34. The number of hydrogen-bond donors (Lipinski definition) is 0. The number of aryl methyl sites for hydroxylation is 1. The molecule has 3 aromatic rings. The number of hydrogen-bond acceptors (Lipinski definition) is 5. The molecule has 0 spiro atoms. The van der Waals surface area contributed by atoms with Crippen LogP contribution in [0.4, 0.5) is 5.82 Å². The van der Waals surface area contributed by atoms with Crippen LogP contribution in [0.1, 0.15) is 31.9 Å². The Morgan fingerprint density at radius 3 is 2.54 bits per heavy atom. The van der Waals surface area contributed by atoms with Crippen LogP contribution in [-0.2, 0) is 0 Å². The van der Waals surface area contributed by atoms with Crippen LogP contribution in [0.15, 0.2) is 36.8 Å². The van der Waals surface area contributed by atoms with Gasteiger partial charge in [0, 0.05) is 43.1 Å². The lowest BCUT2D eigenvalue weighted by atomic mass is 10.2. The summed E-state index contributed by atoms with van der Waals surface area (Å²) in [6.45, 7) is 5.19. The van der Waals surface area contributed by atoms with Gasteiger partial charge in [0.25, 0.3) is 0 Å². The first-order chi connectivity index (χ1) is 11.7. The van der Waals surface area contributed by atoms with Crippen LogP contribution in [0.5, 0.6) is 0 Å². The zero-order valence-electron chi connectivity index (χ0n) is 14.5. The van der Waals surface area contributed by atoms with Gasteiger partial charge in [-0.15, -0.1) is 0 Å². The van der Waals surface area contributed by atoms with E-state index in [0.717, 1.165) is 46.8 Å². The fourth-order valence-corrected chi connectivity index (χ4v) is 2.80. The van der Waals surface area contributed by atoms with Crippen molar-refractivity contribution in [3.8, 4) is 11.4 Å². The van der Waals surface area contributed by atoms with Crippen molar-refractivity contribution in [3.63, 3.8) is 0 Å². The van der Waals surface area contributed by atoms with Gasteiger partial charge >= 0.3 is 0 Å². The molecule has 0 aliphatic rings. The van der Waals surface area contributed by atoms with E-state index in [0.29, 0.717) is 0 Å². The van der Waals surface area contributed by atoms with Crippen molar-refractivity contribution in [2.24, 2.45) is 0 Å². The third kappa shape index (κ3) is 3.35. The number of anilines is 1. The van der Waals surface area contributed by atoms with Crippen molar-refractivity contribution in [2.75, 3.05) is 18.5 Å². The van der Waals surface area contributed by atoms with Crippen LogP contribution < -0.4 is 4.90 Å². The van der Waals surface area contributed by atoms with Crippen LogP contribution >= 0.6 is 0 Å². The number of unbranched alkanes of at least 4 members (excludes halogenated alkanes) is 2. The highest BCUT2D eigenvalue weighted by Crippen LogP contribution is 2.28. The van der Waals surface area contributed by atoms with E-state index in [4.69, 9.17) is 9.97 Å². The molecule has 24 heavy (non-hydrogen) atoms. The minimum absolute atomic E-state index is 0.721. The van der Waals surface area contributed by atoms with Crippen LogP contribution in [0.3, 0.4) is 0 Å². The Morgan fingerprint density at radius 2 is 1.79 bits per heavy atom. The first-order valence-electron chi connectivity index (χ1n) is 8.45. The van der Waals surface area contributed by atoms with Gasteiger partial charge in [-0.2, -0.15) is 0 Å². The summed E-state index contributed by atoms with van der Waals surface area (Å²) in [4.78, 5) is 20.3. The molecule has 0 unspecified atom stereocenters. The van der Waals surface area contributed by atoms with Gasteiger partial charge in [-0.05, 0) is 31.5 Å². The lowest BCUT2D eigenvalue weighted by Crippen LogP contribution is -2.20. The van der Waals surface area contributed by atoms with Crippen molar-refractivity contribution < 1.29 is 0 Å². The summed E-state index contributed by atoms with van der Waals surface area (Å²) in [5, 5.41) is 1.05. The Kier molecular flexibility index (Phi) is 4.99. The van der Waals surface area contributed by atoms with E-state index in [9.17, 15) is 0 Å². The summed E-state index contributed by atoms with van der Waals surface area (Å²) < 4.78 is 0. The fraction of sp³-hybridized carbons (Fsp3) is 0.368. The lowest BCUT2D eigenvalue weighted by Gasteiger charge is -2.21. The first-order valence-corrected chi connectivity index (χ1v) is 8.45. The molecule has 0 aliphatic heterocycles. The second-order valence-corrected chi connectivity index (χ2v) is 6.03. The van der Waals surface area contributed by atoms with Gasteiger partial charge < -0.3 is 4.90 Å². The molecule has 0 saturated carbocycles. The Hall–Kier alpha value is -2.56. The van der Waals surface area contributed by atoms with E-state index in [1.807, 2.05) is 31.3 Å². The SMILES string of the molecule is CCCCCN(C)c1nc(-c2ccncc2)nc2c(C)nccc12. The van der Waals surface area contributed by atoms with Crippen molar-refractivity contribution in [1.29, 1.82) is 0 Å². The van der Waals surface area contributed by atoms with Crippen molar-refractivity contribution >= 4 is 16.7 Å². The number of pyridine rings is 2. The monoisotopic (exact) mass is 321 g/mol. The summed E-state index contributed by atoms with van der Waals surface area (Å²) in [5.41, 5.74) is 2.81. The van der Waals surface area contributed by atoms with E-state index in [1.165, 1.54) is 12.8 Å². The second-order valence-electron chi connectivity index (χ2n) is 6.03. The molecule has 0 amide bonds. The molecular formula is C19H23N5. The smallest absolute Gasteiger partial charge is 0.162 e. The number of rotatable bonds is 6. The first kappa shape index (κ1) is 16.3. The van der Waals surface area contributed by atoms with E-state index < -0.39 is 0 Å². The number of aromatic nitrogens is 4. The van der Waals surface area contributed by atoms with Crippen molar-refractivity contribution in [1.82, 2.24) is 19.9 Å². The molecular weight excluding hydrogens is 298 g/mol. The highest BCUT2D eigenvalue weighted by molar-refractivity contribution is 5.92. The zero-order valence-corrected chi connectivity index (χ0v) is 14.5. The standard InChI is InChI=1S/C19H23N5/c1-4-5-6-13-24(3)19-16-9-12-21-14(2)17(16)22-18(23-19)15-7-10-20-11-8-15/h7-12H,4-6,13H2,1-3H3. The Morgan fingerprint density at radius 1 is 1.00 bits per heavy atom. The Bertz CT molecular complexity index is 817. The normalized spacial score (nSPS) is 11.0. The van der Waals surface area contributed by atoms with Crippen LogP contribution in [0, 0.1) is 6.92 Å².